The summed E-state index contributed by atoms with van der Waals surface area (Å²) < 4.78 is 0. The second kappa shape index (κ2) is 11.6. The van der Waals surface area contributed by atoms with Gasteiger partial charge in [-0.1, -0.05) is 76.8 Å². The van der Waals surface area contributed by atoms with Crippen molar-refractivity contribution in [1.29, 1.82) is 0 Å². The lowest BCUT2D eigenvalue weighted by molar-refractivity contribution is -0.116. The summed E-state index contributed by atoms with van der Waals surface area (Å²) in [4.78, 5) is 28.2. The van der Waals surface area contributed by atoms with E-state index in [0.29, 0.717) is 22.4 Å². The predicted octanol–water partition coefficient (Wildman–Crippen LogP) is 5.66. The Bertz CT molecular complexity index is 1470. The first-order valence-electron chi connectivity index (χ1n) is 12.2. The van der Waals surface area contributed by atoms with Crippen LogP contribution in [0.25, 0.3) is 4.85 Å². The summed E-state index contributed by atoms with van der Waals surface area (Å²) in [6.07, 6.45) is 3.29. The van der Waals surface area contributed by atoms with Crippen molar-refractivity contribution in [3.05, 3.63) is 86.7 Å². The molecule has 0 spiro atoms. The molecule has 1 fully saturated rings. The van der Waals surface area contributed by atoms with E-state index in [1.54, 1.807) is 24.3 Å². The molecule has 0 radical (unpaired) electrons. The summed E-state index contributed by atoms with van der Waals surface area (Å²) >= 11 is 2.83. The van der Waals surface area contributed by atoms with Gasteiger partial charge >= 0.3 is 0 Å². The molecule has 2 atom stereocenters. The normalized spacial score (nSPS) is 16.6. The number of aryl methyl sites for hydroxylation is 1. The smallest absolute Gasteiger partial charge is 0.230 e. The highest BCUT2D eigenvalue weighted by molar-refractivity contribution is 7.15. The van der Waals surface area contributed by atoms with Gasteiger partial charge in [0, 0.05) is 11.8 Å². The zero-order chi connectivity index (χ0) is 26.5. The molecule has 0 bridgehead atoms. The number of amides is 2. The first-order valence-corrected chi connectivity index (χ1v) is 13.9. The Labute approximate surface area is 228 Å². The molecule has 1 aliphatic carbocycles. The van der Waals surface area contributed by atoms with E-state index in [4.69, 9.17) is 6.57 Å². The van der Waals surface area contributed by atoms with E-state index in [9.17, 15) is 9.59 Å². The molecule has 2 unspecified atom stereocenters. The Morgan fingerprint density at radius 1 is 0.816 bits per heavy atom. The average Bonchev–Trinajstić information content (AvgIpc) is 3.67. The van der Waals surface area contributed by atoms with Gasteiger partial charge in [0.25, 0.3) is 0 Å². The van der Waals surface area contributed by atoms with Crippen LogP contribution in [0.4, 0.5) is 16.0 Å². The summed E-state index contributed by atoms with van der Waals surface area (Å²) in [6, 6.07) is 14.9. The molecule has 2 heterocycles. The number of aromatic nitrogens is 4. The van der Waals surface area contributed by atoms with Gasteiger partial charge in [0.05, 0.1) is 19.4 Å². The minimum Gasteiger partial charge on any atom is -0.300 e. The van der Waals surface area contributed by atoms with E-state index in [0.717, 1.165) is 46.0 Å². The number of carbonyl (C=O) groups excluding carboxylic acids is 2. The Morgan fingerprint density at radius 2 is 1.29 bits per heavy atom. The molecule has 9 nitrogen and oxygen atoms in total. The number of hydrogen-bond acceptors (Lipinski definition) is 8. The van der Waals surface area contributed by atoms with Crippen molar-refractivity contribution < 1.29 is 9.59 Å². The topological polar surface area (TPSA) is 114 Å². The zero-order valence-corrected chi connectivity index (χ0v) is 22.3. The third-order valence-electron chi connectivity index (χ3n) is 6.42. The van der Waals surface area contributed by atoms with Crippen LogP contribution in [0.2, 0.25) is 0 Å². The van der Waals surface area contributed by atoms with E-state index in [2.05, 4.69) is 35.9 Å². The lowest BCUT2D eigenvalue weighted by Crippen LogP contribution is -2.14. The van der Waals surface area contributed by atoms with Gasteiger partial charge in [-0.25, -0.2) is 4.85 Å². The lowest BCUT2D eigenvalue weighted by atomic mass is 10.1. The Hall–Kier alpha value is -4.01. The molecule has 2 amide bonds. The number of nitrogens with zero attached hydrogens (tertiary/aromatic N) is 5. The second-order valence-electron chi connectivity index (χ2n) is 9.31. The average molecular weight is 544 g/mol. The van der Waals surface area contributed by atoms with Crippen molar-refractivity contribution in [3.63, 3.8) is 0 Å². The molecule has 2 aromatic heterocycles. The number of rotatable bonds is 8. The van der Waals surface area contributed by atoms with Crippen molar-refractivity contribution in [2.75, 3.05) is 10.6 Å². The maximum atomic E-state index is 12.4. The third-order valence-corrected chi connectivity index (χ3v) is 8.42. The molecule has 0 saturated heterocycles. The molecular formula is C27H25N7O2S2. The summed E-state index contributed by atoms with van der Waals surface area (Å²) in [7, 11) is 0. The van der Waals surface area contributed by atoms with Crippen LogP contribution in [0.15, 0.2) is 48.5 Å². The van der Waals surface area contributed by atoms with Gasteiger partial charge in [-0.15, -0.1) is 20.4 Å². The standard InChI is InChI=1S/C27H25N7O2S2/c1-16-3-5-17(6-4-16)13-22(35)29-26-33-31-24(37-26)19-9-10-20(15-19)25-32-34-27(38-25)30-23(36)14-18-7-11-21(28-2)12-8-18/h3-8,11-12,19-20H,9-10,13-15H2,1H3,(H,29,33,35)(H,30,34,36). The van der Waals surface area contributed by atoms with E-state index in [-0.39, 0.29) is 30.1 Å². The van der Waals surface area contributed by atoms with E-state index in [1.807, 2.05) is 31.2 Å². The van der Waals surface area contributed by atoms with Crippen molar-refractivity contribution in [3.8, 4) is 0 Å². The van der Waals surface area contributed by atoms with Gasteiger partial charge in [0.15, 0.2) is 5.69 Å². The summed E-state index contributed by atoms with van der Waals surface area (Å²) in [5.74, 6) is 0.219. The van der Waals surface area contributed by atoms with E-state index in [1.165, 1.54) is 22.7 Å². The Morgan fingerprint density at radius 3 is 1.76 bits per heavy atom. The fourth-order valence-corrected chi connectivity index (χ4v) is 6.24. The van der Waals surface area contributed by atoms with Crippen LogP contribution < -0.4 is 10.6 Å². The fourth-order valence-electron chi connectivity index (χ4n) is 4.42. The van der Waals surface area contributed by atoms with Crippen LogP contribution in [0.1, 0.15) is 57.8 Å². The molecule has 2 N–H and O–H groups in total. The molecule has 11 heteroatoms. The molecule has 2 aromatic carbocycles. The molecule has 5 rings (SSSR count). The number of carbonyl (C=O) groups is 2. The van der Waals surface area contributed by atoms with Crippen LogP contribution >= 0.6 is 22.7 Å². The molecule has 1 aliphatic rings. The number of anilines is 2. The SMILES string of the molecule is [C-]#[N+]c1ccc(CC(=O)Nc2nnc(C3CCC(c4nnc(NC(=O)Cc5ccc(C)cc5)s4)C3)s2)cc1. The molecule has 192 valence electrons. The van der Waals surface area contributed by atoms with Crippen LogP contribution in [0.3, 0.4) is 0 Å². The summed E-state index contributed by atoms with van der Waals surface area (Å²) in [5, 5.41) is 25.5. The number of nitrogens with one attached hydrogen (secondary N) is 2. The summed E-state index contributed by atoms with van der Waals surface area (Å²) in [6.45, 7) is 9.03. The van der Waals surface area contributed by atoms with Gasteiger partial charge in [-0.3, -0.25) is 9.59 Å². The Balaban J connectivity index is 1.12. The minimum absolute atomic E-state index is 0.107. The Kier molecular flexibility index (Phi) is 7.81. The van der Waals surface area contributed by atoms with Gasteiger partial charge in [-0.05, 0) is 37.3 Å². The molecule has 1 saturated carbocycles. The van der Waals surface area contributed by atoms with Crippen LogP contribution in [-0.2, 0) is 22.4 Å². The molecule has 4 aromatic rings. The quantitative estimate of drug-likeness (QED) is 0.277. The predicted molar refractivity (Wildman–Crippen MR) is 148 cm³/mol. The number of hydrogen-bond donors (Lipinski definition) is 2. The highest BCUT2D eigenvalue weighted by Gasteiger charge is 2.32. The van der Waals surface area contributed by atoms with Gasteiger partial charge in [-0.2, -0.15) is 0 Å². The maximum Gasteiger partial charge on any atom is 0.230 e. The summed E-state index contributed by atoms with van der Waals surface area (Å²) in [5.41, 5.74) is 3.50. The first kappa shape index (κ1) is 25.6. The number of benzene rings is 2. The van der Waals surface area contributed by atoms with Gasteiger partial charge in [0.2, 0.25) is 22.1 Å². The zero-order valence-electron chi connectivity index (χ0n) is 20.7. The minimum atomic E-state index is -0.168. The first-order chi connectivity index (χ1) is 18.4. The van der Waals surface area contributed by atoms with E-state index >= 15 is 0 Å². The molecular weight excluding hydrogens is 518 g/mol. The monoisotopic (exact) mass is 543 g/mol. The van der Waals surface area contributed by atoms with Crippen LogP contribution in [0, 0.1) is 13.5 Å². The van der Waals surface area contributed by atoms with E-state index < -0.39 is 0 Å². The molecule has 38 heavy (non-hydrogen) atoms. The highest BCUT2D eigenvalue weighted by Crippen LogP contribution is 2.45. The van der Waals surface area contributed by atoms with Crippen molar-refractivity contribution in [1.82, 2.24) is 20.4 Å². The highest BCUT2D eigenvalue weighted by atomic mass is 32.1. The van der Waals surface area contributed by atoms with Crippen molar-refractivity contribution in [2.45, 2.75) is 50.9 Å². The second-order valence-corrected chi connectivity index (χ2v) is 11.3. The lowest BCUT2D eigenvalue weighted by Gasteiger charge is -2.05. The van der Waals surface area contributed by atoms with Gasteiger partial charge in [0.1, 0.15) is 10.0 Å². The largest absolute Gasteiger partial charge is 0.300 e. The van der Waals surface area contributed by atoms with Crippen molar-refractivity contribution >= 4 is 50.4 Å². The van der Waals surface area contributed by atoms with Gasteiger partial charge < -0.3 is 10.6 Å². The fraction of sp³-hybridized carbons (Fsp3) is 0.296. The van der Waals surface area contributed by atoms with Crippen molar-refractivity contribution in [2.24, 2.45) is 0 Å². The maximum absolute atomic E-state index is 12.4. The third kappa shape index (κ3) is 6.45. The molecule has 0 aliphatic heterocycles. The van der Waals surface area contributed by atoms with Crippen LogP contribution in [-0.4, -0.2) is 32.2 Å². The van der Waals surface area contributed by atoms with Crippen LogP contribution in [0.5, 0.6) is 0 Å².